The van der Waals surface area contributed by atoms with E-state index in [1.807, 2.05) is 6.92 Å². The molecule has 0 aliphatic carbocycles. The van der Waals surface area contributed by atoms with Crippen molar-refractivity contribution >= 4 is 35.6 Å². The van der Waals surface area contributed by atoms with Crippen LogP contribution < -0.4 is 10.1 Å². The summed E-state index contributed by atoms with van der Waals surface area (Å²) >= 11 is 0. The lowest BCUT2D eigenvalue weighted by molar-refractivity contribution is 0.336. The van der Waals surface area contributed by atoms with Gasteiger partial charge < -0.3 is 15.0 Å². The molecule has 0 saturated carbocycles. The second kappa shape index (κ2) is 11.5. The Morgan fingerprint density at radius 2 is 1.78 bits per heavy atom. The van der Waals surface area contributed by atoms with Crippen molar-refractivity contribution < 1.29 is 4.74 Å². The van der Waals surface area contributed by atoms with Crippen LogP contribution in [0.1, 0.15) is 18.9 Å². The number of rotatable bonds is 8. The van der Waals surface area contributed by atoms with E-state index in [4.69, 9.17) is 4.74 Å². The highest BCUT2D eigenvalue weighted by atomic mass is 35.5. The van der Waals surface area contributed by atoms with Gasteiger partial charge in [-0.15, -0.1) is 24.8 Å². The fraction of sp³-hybridized carbons (Fsp3) is 0.444. The lowest BCUT2D eigenvalue weighted by Crippen LogP contribution is -2.21. The molecule has 0 bridgehead atoms. The van der Waals surface area contributed by atoms with Crippen LogP contribution in [0.25, 0.3) is 10.8 Å². The van der Waals surface area contributed by atoms with Crippen LogP contribution in [0.2, 0.25) is 0 Å². The van der Waals surface area contributed by atoms with Gasteiger partial charge in [0, 0.05) is 12.1 Å². The lowest BCUT2D eigenvalue weighted by Gasteiger charge is -2.15. The number of nitrogens with one attached hydrogen (secondary N) is 1. The standard InChI is InChI=1S/C18H26N2O.2ClH/c1-4-21-18-11-10-15-8-5-6-9-16(15)17(18)14-19-12-7-13-20(2)3;;/h5-6,8-11,19H,4,7,12-14H2,1-3H3;2*1H. The van der Waals surface area contributed by atoms with Crippen LogP contribution in [0.5, 0.6) is 5.75 Å². The van der Waals surface area contributed by atoms with Crippen molar-refractivity contribution in [1.29, 1.82) is 0 Å². The van der Waals surface area contributed by atoms with Crippen molar-refractivity contribution in [2.45, 2.75) is 19.9 Å². The molecule has 2 aromatic rings. The van der Waals surface area contributed by atoms with Gasteiger partial charge in [-0.25, -0.2) is 0 Å². The van der Waals surface area contributed by atoms with Crippen LogP contribution in [0.15, 0.2) is 36.4 Å². The molecule has 0 heterocycles. The van der Waals surface area contributed by atoms with Crippen molar-refractivity contribution in [2.75, 3.05) is 33.8 Å². The Hall–Kier alpha value is -1.00. The van der Waals surface area contributed by atoms with Gasteiger partial charge in [-0.2, -0.15) is 0 Å². The Morgan fingerprint density at radius 3 is 2.48 bits per heavy atom. The smallest absolute Gasteiger partial charge is 0.124 e. The molecule has 0 radical (unpaired) electrons. The highest BCUT2D eigenvalue weighted by Gasteiger charge is 2.08. The number of halogens is 2. The number of ether oxygens (including phenoxy) is 1. The molecule has 0 aromatic heterocycles. The Bertz CT molecular complexity index is 576. The van der Waals surface area contributed by atoms with Crippen molar-refractivity contribution in [3.05, 3.63) is 42.0 Å². The summed E-state index contributed by atoms with van der Waals surface area (Å²) in [4.78, 5) is 2.21. The highest BCUT2D eigenvalue weighted by Crippen LogP contribution is 2.28. The average Bonchev–Trinajstić information content (AvgIpc) is 2.48. The SMILES string of the molecule is CCOc1ccc2ccccc2c1CNCCCN(C)C.Cl.Cl. The normalized spacial score (nSPS) is 10.3. The number of hydrogen-bond donors (Lipinski definition) is 1. The molecule has 23 heavy (non-hydrogen) atoms. The second-order valence-corrected chi connectivity index (χ2v) is 5.53. The van der Waals surface area contributed by atoms with E-state index in [0.29, 0.717) is 6.61 Å². The molecule has 0 fully saturated rings. The maximum Gasteiger partial charge on any atom is 0.124 e. The summed E-state index contributed by atoms with van der Waals surface area (Å²) in [5.41, 5.74) is 1.26. The van der Waals surface area contributed by atoms with Gasteiger partial charge in [-0.1, -0.05) is 30.3 Å². The molecular weight excluding hydrogens is 331 g/mol. The van der Waals surface area contributed by atoms with Gasteiger partial charge in [0.05, 0.1) is 6.61 Å². The predicted octanol–water partition coefficient (Wildman–Crippen LogP) is 4.12. The summed E-state index contributed by atoms with van der Waals surface area (Å²) in [6.45, 7) is 5.72. The molecule has 0 unspecified atom stereocenters. The topological polar surface area (TPSA) is 24.5 Å². The van der Waals surface area contributed by atoms with Crippen LogP contribution in [0.4, 0.5) is 0 Å². The molecule has 0 amide bonds. The lowest BCUT2D eigenvalue weighted by atomic mass is 10.0. The number of nitrogens with zero attached hydrogens (tertiary/aromatic N) is 1. The van der Waals surface area contributed by atoms with Crippen LogP contribution >= 0.6 is 24.8 Å². The molecule has 1 N–H and O–H groups in total. The van der Waals surface area contributed by atoms with E-state index in [0.717, 1.165) is 31.8 Å². The van der Waals surface area contributed by atoms with Crippen LogP contribution in [-0.4, -0.2) is 38.7 Å². The molecule has 0 aliphatic heterocycles. The highest BCUT2D eigenvalue weighted by molar-refractivity contribution is 5.87. The van der Waals surface area contributed by atoms with Crippen molar-refractivity contribution in [1.82, 2.24) is 10.2 Å². The first-order valence-electron chi connectivity index (χ1n) is 7.71. The molecule has 3 nitrogen and oxygen atoms in total. The number of fused-ring (bicyclic) bond motifs is 1. The van der Waals surface area contributed by atoms with E-state index >= 15 is 0 Å². The van der Waals surface area contributed by atoms with Crippen LogP contribution in [0, 0.1) is 0 Å². The molecule has 0 saturated heterocycles. The minimum atomic E-state index is 0. The Balaban J connectivity index is 0.00000242. The van der Waals surface area contributed by atoms with E-state index in [1.165, 1.54) is 16.3 Å². The molecule has 0 spiro atoms. The van der Waals surface area contributed by atoms with Crippen LogP contribution in [0.3, 0.4) is 0 Å². The van der Waals surface area contributed by atoms with Gasteiger partial charge in [0.1, 0.15) is 5.75 Å². The molecule has 5 heteroatoms. The van der Waals surface area contributed by atoms with Crippen molar-refractivity contribution in [3.63, 3.8) is 0 Å². The van der Waals surface area contributed by atoms with Gasteiger partial charge in [0.15, 0.2) is 0 Å². The first-order valence-corrected chi connectivity index (χ1v) is 7.71. The Labute approximate surface area is 152 Å². The van der Waals surface area contributed by atoms with Gasteiger partial charge >= 0.3 is 0 Å². The fourth-order valence-electron chi connectivity index (χ4n) is 2.52. The van der Waals surface area contributed by atoms with E-state index in [2.05, 4.69) is 60.7 Å². The predicted molar refractivity (Wildman–Crippen MR) is 104 cm³/mol. The zero-order chi connectivity index (χ0) is 15.1. The van der Waals surface area contributed by atoms with Gasteiger partial charge in [0.25, 0.3) is 0 Å². The first kappa shape index (κ1) is 22.0. The molecule has 2 aromatic carbocycles. The monoisotopic (exact) mass is 358 g/mol. The molecule has 0 aliphatic rings. The molecule has 0 atom stereocenters. The zero-order valence-electron chi connectivity index (χ0n) is 14.2. The van der Waals surface area contributed by atoms with Crippen molar-refractivity contribution in [2.24, 2.45) is 0 Å². The minimum Gasteiger partial charge on any atom is -0.494 e. The van der Waals surface area contributed by atoms with E-state index in [-0.39, 0.29) is 24.8 Å². The maximum atomic E-state index is 5.79. The first-order chi connectivity index (χ1) is 10.2. The summed E-state index contributed by atoms with van der Waals surface area (Å²) in [7, 11) is 4.22. The number of benzene rings is 2. The van der Waals surface area contributed by atoms with E-state index in [9.17, 15) is 0 Å². The fourth-order valence-corrected chi connectivity index (χ4v) is 2.52. The molecule has 2 rings (SSSR count). The summed E-state index contributed by atoms with van der Waals surface area (Å²) in [5, 5.41) is 6.09. The quantitative estimate of drug-likeness (QED) is 0.718. The summed E-state index contributed by atoms with van der Waals surface area (Å²) < 4.78 is 5.79. The van der Waals surface area contributed by atoms with E-state index < -0.39 is 0 Å². The molecular formula is C18H28Cl2N2O. The third kappa shape index (κ3) is 6.56. The maximum absolute atomic E-state index is 5.79. The number of hydrogen-bond acceptors (Lipinski definition) is 3. The third-order valence-electron chi connectivity index (χ3n) is 3.56. The van der Waals surface area contributed by atoms with Crippen molar-refractivity contribution in [3.8, 4) is 5.75 Å². The summed E-state index contributed by atoms with van der Waals surface area (Å²) in [6.07, 6.45) is 1.15. The zero-order valence-corrected chi connectivity index (χ0v) is 15.8. The summed E-state index contributed by atoms with van der Waals surface area (Å²) in [5.74, 6) is 0.997. The summed E-state index contributed by atoms with van der Waals surface area (Å²) in [6, 6.07) is 12.7. The second-order valence-electron chi connectivity index (χ2n) is 5.53. The van der Waals surface area contributed by atoms with Crippen LogP contribution in [-0.2, 0) is 6.54 Å². The van der Waals surface area contributed by atoms with E-state index in [1.54, 1.807) is 0 Å². The minimum absolute atomic E-state index is 0. The van der Waals surface area contributed by atoms with Gasteiger partial charge in [0.2, 0.25) is 0 Å². The Morgan fingerprint density at radius 1 is 1.04 bits per heavy atom. The average molecular weight is 359 g/mol. The molecule has 130 valence electrons. The Kier molecular flexibility index (Phi) is 11.0. The van der Waals surface area contributed by atoms with Gasteiger partial charge in [-0.3, -0.25) is 0 Å². The van der Waals surface area contributed by atoms with Gasteiger partial charge in [-0.05, 0) is 57.4 Å². The third-order valence-corrected chi connectivity index (χ3v) is 3.56. The largest absolute Gasteiger partial charge is 0.494 e.